The van der Waals surface area contributed by atoms with E-state index in [-0.39, 0.29) is 17.9 Å². The van der Waals surface area contributed by atoms with Crippen LogP contribution in [0.2, 0.25) is 0 Å². The lowest BCUT2D eigenvalue weighted by atomic mass is 9.99. The SMILES string of the molecule is CC[C@@H](C)[C@H](NC(=O)CNC(=O)Cc1c(C)c2cc3c(C)coc3c(C)c2oc1=O)C(=O)O. The van der Waals surface area contributed by atoms with Gasteiger partial charge in [0, 0.05) is 16.3 Å². The molecule has 3 aromatic rings. The number of amides is 2. The normalized spacial score (nSPS) is 13.1. The van der Waals surface area contributed by atoms with Crippen molar-refractivity contribution in [3.05, 3.63) is 45.0 Å². The highest BCUT2D eigenvalue weighted by Crippen LogP contribution is 2.32. The van der Waals surface area contributed by atoms with Crippen molar-refractivity contribution in [2.75, 3.05) is 6.54 Å². The Kier molecular flexibility index (Phi) is 6.90. The Morgan fingerprint density at radius 2 is 1.76 bits per heavy atom. The molecule has 0 aliphatic carbocycles. The summed E-state index contributed by atoms with van der Waals surface area (Å²) in [5.41, 5.74) is 2.90. The summed E-state index contributed by atoms with van der Waals surface area (Å²) >= 11 is 0. The smallest absolute Gasteiger partial charge is 0.340 e. The van der Waals surface area contributed by atoms with Gasteiger partial charge >= 0.3 is 11.6 Å². The van der Waals surface area contributed by atoms with E-state index >= 15 is 0 Å². The molecule has 0 fully saturated rings. The molecule has 9 nitrogen and oxygen atoms in total. The van der Waals surface area contributed by atoms with Crippen molar-refractivity contribution in [1.82, 2.24) is 10.6 Å². The van der Waals surface area contributed by atoms with E-state index < -0.39 is 36.0 Å². The van der Waals surface area contributed by atoms with Gasteiger partial charge in [-0.2, -0.15) is 0 Å². The first-order chi connectivity index (χ1) is 15.5. The third-order valence-corrected chi connectivity index (χ3v) is 6.11. The minimum absolute atomic E-state index is 0.198. The van der Waals surface area contributed by atoms with Gasteiger partial charge < -0.3 is 24.6 Å². The lowest BCUT2D eigenvalue weighted by Crippen LogP contribution is -2.48. The zero-order valence-electron chi connectivity index (χ0n) is 19.3. The van der Waals surface area contributed by atoms with Crippen molar-refractivity contribution in [1.29, 1.82) is 0 Å². The number of carbonyl (C=O) groups excluding carboxylic acids is 2. The Hall–Kier alpha value is -3.62. The maximum absolute atomic E-state index is 12.6. The molecular formula is C24H28N2O7. The number of aryl methyl sites for hydroxylation is 3. The molecule has 0 bridgehead atoms. The second-order valence-corrected chi connectivity index (χ2v) is 8.39. The number of hydrogen-bond donors (Lipinski definition) is 3. The predicted octanol–water partition coefficient (Wildman–Crippen LogP) is 2.74. The molecule has 0 aliphatic heterocycles. The maximum Gasteiger partial charge on any atom is 0.340 e. The Bertz CT molecular complexity index is 1300. The first-order valence-corrected chi connectivity index (χ1v) is 10.8. The van der Waals surface area contributed by atoms with Gasteiger partial charge in [-0.25, -0.2) is 9.59 Å². The van der Waals surface area contributed by atoms with Crippen LogP contribution < -0.4 is 16.3 Å². The zero-order chi connectivity index (χ0) is 24.4. The van der Waals surface area contributed by atoms with Crippen molar-refractivity contribution < 1.29 is 28.3 Å². The molecule has 0 radical (unpaired) electrons. The highest BCUT2D eigenvalue weighted by atomic mass is 16.4. The van der Waals surface area contributed by atoms with Gasteiger partial charge in [0.05, 0.1) is 24.8 Å². The molecule has 9 heteroatoms. The van der Waals surface area contributed by atoms with Gasteiger partial charge in [0.2, 0.25) is 11.8 Å². The molecular weight excluding hydrogens is 428 g/mol. The van der Waals surface area contributed by atoms with Crippen LogP contribution in [0.3, 0.4) is 0 Å². The molecule has 1 aromatic carbocycles. The zero-order valence-corrected chi connectivity index (χ0v) is 19.3. The molecule has 0 saturated carbocycles. The summed E-state index contributed by atoms with van der Waals surface area (Å²) in [6, 6.07) is 0.838. The van der Waals surface area contributed by atoms with Crippen molar-refractivity contribution in [3.63, 3.8) is 0 Å². The van der Waals surface area contributed by atoms with Crippen LogP contribution >= 0.6 is 0 Å². The quantitative estimate of drug-likeness (QED) is 0.443. The first-order valence-electron chi connectivity index (χ1n) is 10.8. The number of nitrogens with one attached hydrogen (secondary N) is 2. The summed E-state index contributed by atoms with van der Waals surface area (Å²) in [4.78, 5) is 48.6. The van der Waals surface area contributed by atoms with E-state index in [1.54, 1.807) is 20.1 Å². The van der Waals surface area contributed by atoms with E-state index in [0.29, 0.717) is 34.1 Å². The Morgan fingerprint density at radius 3 is 2.39 bits per heavy atom. The highest BCUT2D eigenvalue weighted by Gasteiger charge is 2.25. The fourth-order valence-corrected chi connectivity index (χ4v) is 3.83. The second kappa shape index (κ2) is 9.48. The van der Waals surface area contributed by atoms with Gasteiger partial charge in [-0.15, -0.1) is 0 Å². The van der Waals surface area contributed by atoms with Gasteiger partial charge in [-0.3, -0.25) is 9.59 Å². The van der Waals surface area contributed by atoms with Crippen LogP contribution in [0.4, 0.5) is 0 Å². The van der Waals surface area contributed by atoms with Crippen molar-refractivity contribution in [3.8, 4) is 0 Å². The van der Waals surface area contributed by atoms with Crippen LogP contribution in [-0.2, 0) is 20.8 Å². The number of hydrogen-bond acceptors (Lipinski definition) is 6. The molecule has 0 aliphatic rings. The minimum Gasteiger partial charge on any atom is -0.480 e. The number of furan rings is 1. The van der Waals surface area contributed by atoms with E-state index in [1.807, 2.05) is 26.8 Å². The fraction of sp³-hybridized carbons (Fsp3) is 0.417. The largest absolute Gasteiger partial charge is 0.480 e. The molecule has 3 N–H and O–H groups in total. The Balaban J connectivity index is 1.77. The first kappa shape index (κ1) is 24.0. The van der Waals surface area contributed by atoms with E-state index in [9.17, 15) is 24.3 Å². The molecule has 3 rings (SSSR count). The monoisotopic (exact) mass is 456 g/mol. The van der Waals surface area contributed by atoms with Crippen molar-refractivity contribution in [2.45, 2.75) is 53.5 Å². The van der Waals surface area contributed by atoms with Gasteiger partial charge in [0.25, 0.3) is 0 Å². The molecule has 2 heterocycles. The molecule has 2 atom stereocenters. The molecule has 33 heavy (non-hydrogen) atoms. The van der Waals surface area contributed by atoms with Crippen molar-refractivity contribution in [2.24, 2.45) is 5.92 Å². The predicted molar refractivity (Wildman–Crippen MR) is 122 cm³/mol. The lowest BCUT2D eigenvalue weighted by Gasteiger charge is -2.20. The third kappa shape index (κ3) is 4.76. The average Bonchev–Trinajstić information content (AvgIpc) is 3.14. The number of fused-ring (bicyclic) bond motifs is 2. The summed E-state index contributed by atoms with van der Waals surface area (Å²) in [5, 5.41) is 15.7. The van der Waals surface area contributed by atoms with E-state index in [0.717, 1.165) is 10.9 Å². The number of carboxylic acids is 1. The summed E-state index contributed by atoms with van der Waals surface area (Å²) < 4.78 is 11.1. The summed E-state index contributed by atoms with van der Waals surface area (Å²) in [5.74, 6) is -2.56. The number of rotatable bonds is 8. The van der Waals surface area contributed by atoms with Gasteiger partial charge in [-0.1, -0.05) is 20.3 Å². The second-order valence-electron chi connectivity index (χ2n) is 8.39. The van der Waals surface area contributed by atoms with Crippen LogP contribution in [0.25, 0.3) is 21.9 Å². The van der Waals surface area contributed by atoms with Crippen LogP contribution in [0.15, 0.2) is 26.0 Å². The fourth-order valence-electron chi connectivity index (χ4n) is 3.83. The van der Waals surface area contributed by atoms with E-state index in [4.69, 9.17) is 8.83 Å². The van der Waals surface area contributed by atoms with Crippen molar-refractivity contribution >= 4 is 39.7 Å². The number of aliphatic carboxylic acids is 1. The molecule has 0 unspecified atom stereocenters. The number of carbonyl (C=O) groups is 3. The molecule has 0 saturated heterocycles. The van der Waals surface area contributed by atoms with Gasteiger partial charge in [-0.05, 0) is 43.9 Å². The Morgan fingerprint density at radius 1 is 1.06 bits per heavy atom. The molecule has 2 aromatic heterocycles. The van der Waals surface area contributed by atoms with Gasteiger partial charge in [0.1, 0.15) is 17.2 Å². The van der Waals surface area contributed by atoms with Crippen LogP contribution in [0.1, 0.15) is 42.5 Å². The maximum atomic E-state index is 12.6. The van der Waals surface area contributed by atoms with Gasteiger partial charge in [0.15, 0.2) is 0 Å². The standard InChI is InChI=1S/C24H28N2O7/c1-6-11(2)20(23(29)30)26-19(28)9-25-18(27)8-17-13(4)16-7-15-12(3)10-32-21(15)14(5)22(16)33-24(17)31/h7,10-11,20H,6,8-9H2,1-5H3,(H,25,27)(H,26,28)(H,29,30)/t11-,20+/m1/s1. The summed E-state index contributed by atoms with van der Waals surface area (Å²) in [6.07, 6.45) is 1.94. The number of carboxylic acid groups (broad SMARTS) is 1. The highest BCUT2D eigenvalue weighted by molar-refractivity contribution is 6.00. The van der Waals surface area contributed by atoms with Crippen LogP contribution in [0.5, 0.6) is 0 Å². The average molecular weight is 456 g/mol. The molecule has 176 valence electrons. The van der Waals surface area contributed by atoms with Crippen LogP contribution in [0, 0.1) is 26.7 Å². The minimum atomic E-state index is -1.13. The summed E-state index contributed by atoms with van der Waals surface area (Å²) in [6.45, 7) is 8.63. The molecule has 2 amide bonds. The lowest BCUT2D eigenvalue weighted by molar-refractivity contribution is -0.143. The van der Waals surface area contributed by atoms with Crippen LogP contribution in [-0.4, -0.2) is 35.5 Å². The van der Waals surface area contributed by atoms with E-state index in [1.165, 1.54) is 0 Å². The van der Waals surface area contributed by atoms with E-state index in [2.05, 4.69) is 10.6 Å². The summed E-state index contributed by atoms with van der Waals surface area (Å²) in [7, 11) is 0. The topological polar surface area (TPSA) is 139 Å². The third-order valence-electron chi connectivity index (χ3n) is 6.11. The number of benzene rings is 1. The Labute approximate surface area is 190 Å². The molecule has 0 spiro atoms.